The van der Waals surface area contributed by atoms with Gasteiger partial charge in [-0.05, 0) is 42.1 Å². The van der Waals surface area contributed by atoms with Crippen LogP contribution in [-0.4, -0.2) is 35.6 Å². The Morgan fingerprint density at radius 3 is 2.76 bits per heavy atom. The maximum absolute atomic E-state index is 12.8. The molecule has 3 aromatic rings. The van der Waals surface area contributed by atoms with E-state index in [1.807, 2.05) is 29.2 Å². The van der Waals surface area contributed by atoms with E-state index in [9.17, 15) is 4.79 Å². The first-order valence-corrected chi connectivity index (χ1v) is 8.65. The summed E-state index contributed by atoms with van der Waals surface area (Å²) < 4.78 is 7.50. The predicted molar refractivity (Wildman–Crippen MR) is 99.2 cm³/mol. The highest BCUT2D eigenvalue weighted by atomic mass is 16.5. The van der Waals surface area contributed by atoms with Crippen molar-refractivity contribution in [1.82, 2.24) is 9.47 Å². The summed E-state index contributed by atoms with van der Waals surface area (Å²) in [5.41, 5.74) is 3.24. The molecule has 1 fully saturated rings. The van der Waals surface area contributed by atoms with E-state index < -0.39 is 0 Å². The Bertz CT molecular complexity index is 929. The van der Waals surface area contributed by atoms with Gasteiger partial charge >= 0.3 is 0 Å². The van der Waals surface area contributed by atoms with Gasteiger partial charge in [0.05, 0.1) is 7.11 Å². The number of amides is 1. The lowest BCUT2D eigenvalue weighted by atomic mass is 10.0. The van der Waals surface area contributed by atoms with Gasteiger partial charge in [0.2, 0.25) is 0 Å². The largest absolute Gasteiger partial charge is 0.497 e. The molecule has 4 nitrogen and oxygen atoms in total. The summed E-state index contributed by atoms with van der Waals surface area (Å²) in [4.78, 5) is 14.8. The maximum atomic E-state index is 12.8. The number of aryl methyl sites for hydroxylation is 1. The van der Waals surface area contributed by atoms with Gasteiger partial charge in [0.25, 0.3) is 5.91 Å². The summed E-state index contributed by atoms with van der Waals surface area (Å²) in [6.07, 6.45) is 1.000. The Morgan fingerprint density at radius 2 is 1.96 bits per heavy atom. The molecule has 2 aromatic carbocycles. The monoisotopic (exact) mass is 334 g/mol. The molecule has 128 valence electrons. The molecule has 1 amide bonds. The summed E-state index contributed by atoms with van der Waals surface area (Å²) in [5.74, 6) is 1.18. The molecule has 2 heterocycles. The van der Waals surface area contributed by atoms with Crippen molar-refractivity contribution < 1.29 is 9.53 Å². The van der Waals surface area contributed by atoms with E-state index >= 15 is 0 Å². The second kappa shape index (κ2) is 6.28. The molecule has 0 saturated carbocycles. The molecule has 0 radical (unpaired) electrons. The number of methoxy groups -OCH3 is 1. The number of nitrogens with zero attached hydrogens (tertiary/aromatic N) is 2. The number of hydrogen-bond acceptors (Lipinski definition) is 2. The van der Waals surface area contributed by atoms with Gasteiger partial charge in [-0.1, -0.05) is 24.3 Å². The van der Waals surface area contributed by atoms with Crippen LogP contribution in [0.25, 0.3) is 10.9 Å². The van der Waals surface area contributed by atoms with Gasteiger partial charge in [0, 0.05) is 42.8 Å². The van der Waals surface area contributed by atoms with Crippen molar-refractivity contribution in [2.24, 2.45) is 7.05 Å². The van der Waals surface area contributed by atoms with Gasteiger partial charge in [0.15, 0.2) is 0 Å². The molecule has 1 atom stereocenters. The van der Waals surface area contributed by atoms with Crippen LogP contribution in [0.5, 0.6) is 5.75 Å². The minimum Gasteiger partial charge on any atom is -0.497 e. The average molecular weight is 334 g/mol. The molecular formula is C21H22N2O2. The number of aromatic nitrogens is 1. The van der Waals surface area contributed by atoms with Crippen LogP contribution in [0.15, 0.2) is 54.6 Å². The lowest BCUT2D eigenvalue weighted by Gasteiger charge is -2.17. The Hall–Kier alpha value is -2.75. The van der Waals surface area contributed by atoms with Gasteiger partial charge in [-0.25, -0.2) is 0 Å². The number of carbonyl (C=O) groups excluding carboxylic acids is 1. The minimum atomic E-state index is 0.0835. The number of hydrogen-bond donors (Lipinski definition) is 0. The molecule has 1 aliphatic rings. The Morgan fingerprint density at radius 1 is 1.12 bits per heavy atom. The fourth-order valence-corrected chi connectivity index (χ4v) is 3.83. The highest BCUT2D eigenvalue weighted by Gasteiger charge is 2.29. The van der Waals surface area contributed by atoms with Crippen LogP contribution in [0, 0.1) is 0 Å². The Kier molecular flexibility index (Phi) is 3.96. The number of para-hydroxylation sites is 1. The predicted octanol–water partition coefficient (Wildman–Crippen LogP) is 3.82. The highest BCUT2D eigenvalue weighted by Crippen LogP contribution is 2.32. The van der Waals surface area contributed by atoms with Crippen molar-refractivity contribution in [3.05, 3.63) is 65.9 Å². The van der Waals surface area contributed by atoms with Crippen molar-refractivity contribution in [3.8, 4) is 5.75 Å². The van der Waals surface area contributed by atoms with Crippen molar-refractivity contribution in [2.45, 2.75) is 12.3 Å². The second-order valence-corrected chi connectivity index (χ2v) is 6.66. The maximum Gasteiger partial charge on any atom is 0.254 e. The zero-order chi connectivity index (χ0) is 17.4. The van der Waals surface area contributed by atoms with Crippen LogP contribution in [0.1, 0.15) is 28.4 Å². The summed E-state index contributed by atoms with van der Waals surface area (Å²) in [7, 11) is 3.74. The molecule has 25 heavy (non-hydrogen) atoms. The second-order valence-electron chi connectivity index (χ2n) is 6.66. The highest BCUT2D eigenvalue weighted by molar-refractivity contribution is 5.95. The summed E-state index contributed by atoms with van der Waals surface area (Å²) >= 11 is 0. The van der Waals surface area contributed by atoms with E-state index in [0.717, 1.165) is 25.3 Å². The van der Waals surface area contributed by atoms with Gasteiger partial charge in [-0.3, -0.25) is 4.79 Å². The standard InChI is InChI=1S/C21H22N2O2/c1-22-19-9-4-3-6-15(19)13-20(22)17-10-11-23(14-17)21(24)16-7-5-8-18(12-16)25-2/h3-9,12-13,17H,10-11,14H2,1-2H3. The Balaban J connectivity index is 1.56. The molecule has 0 aliphatic carbocycles. The summed E-state index contributed by atoms with van der Waals surface area (Å²) in [6, 6.07) is 18.1. The van der Waals surface area contributed by atoms with Gasteiger partial charge in [-0.15, -0.1) is 0 Å². The first-order valence-electron chi connectivity index (χ1n) is 8.65. The number of rotatable bonds is 3. The zero-order valence-corrected chi connectivity index (χ0v) is 14.6. The van der Waals surface area contributed by atoms with Crippen LogP contribution in [0.3, 0.4) is 0 Å². The molecule has 1 saturated heterocycles. The summed E-state index contributed by atoms with van der Waals surface area (Å²) in [5, 5.41) is 1.26. The van der Waals surface area contributed by atoms with E-state index in [1.54, 1.807) is 7.11 Å². The first kappa shape index (κ1) is 15.8. The third kappa shape index (κ3) is 2.78. The van der Waals surface area contributed by atoms with Gasteiger partial charge in [-0.2, -0.15) is 0 Å². The normalized spacial score (nSPS) is 17.2. The average Bonchev–Trinajstić information content (AvgIpc) is 3.26. The molecule has 4 heteroatoms. The van der Waals surface area contributed by atoms with Crippen molar-refractivity contribution in [2.75, 3.05) is 20.2 Å². The van der Waals surface area contributed by atoms with Crippen LogP contribution < -0.4 is 4.74 Å². The fraction of sp³-hybridized carbons (Fsp3) is 0.286. The molecule has 1 aliphatic heterocycles. The minimum absolute atomic E-state index is 0.0835. The molecule has 4 rings (SSSR count). The van der Waals surface area contributed by atoms with E-state index in [1.165, 1.54) is 16.6 Å². The molecular weight excluding hydrogens is 312 g/mol. The molecule has 0 N–H and O–H groups in total. The number of benzene rings is 2. The fourth-order valence-electron chi connectivity index (χ4n) is 3.83. The Labute approximate surface area is 147 Å². The lowest BCUT2D eigenvalue weighted by Crippen LogP contribution is -2.28. The van der Waals surface area contributed by atoms with Crippen LogP contribution >= 0.6 is 0 Å². The third-order valence-electron chi connectivity index (χ3n) is 5.20. The number of ether oxygens (including phenoxy) is 1. The zero-order valence-electron chi connectivity index (χ0n) is 14.6. The molecule has 1 aromatic heterocycles. The third-order valence-corrected chi connectivity index (χ3v) is 5.20. The van der Waals surface area contributed by atoms with E-state index in [0.29, 0.717) is 11.5 Å². The first-order chi connectivity index (χ1) is 12.2. The molecule has 1 unspecified atom stereocenters. The van der Waals surface area contributed by atoms with Crippen molar-refractivity contribution >= 4 is 16.8 Å². The SMILES string of the molecule is COc1cccc(C(=O)N2CCC(c3cc4ccccc4n3C)C2)c1. The van der Waals surface area contributed by atoms with E-state index in [4.69, 9.17) is 4.74 Å². The van der Waals surface area contributed by atoms with Crippen molar-refractivity contribution in [3.63, 3.8) is 0 Å². The lowest BCUT2D eigenvalue weighted by molar-refractivity contribution is 0.0790. The molecule has 0 spiro atoms. The van der Waals surface area contributed by atoms with Gasteiger partial charge < -0.3 is 14.2 Å². The van der Waals surface area contributed by atoms with E-state index in [2.05, 4.69) is 41.9 Å². The number of carbonyl (C=O) groups is 1. The summed E-state index contributed by atoms with van der Waals surface area (Å²) in [6.45, 7) is 1.56. The number of fused-ring (bicyclic) bond motifs is 1. The van der Waals surface area contributed by atoms with E-state index in [-0.39, 0.29) is 5.91 Å². The number of likely N-dealkylation sites (tertiary alicyclic amines) is 1. The quantitative estimate of drug-likeness (QED) is 0.730. The topological polar surface area (TPSA) is 34.5 Å². The van der Waals surface area contributed by atoms with Crippen LogP contribution in [0.4, 0.5) is 0 Å². The van der Waals surface area contributed by atoms with Gasteiger partial charge in [0.1, 0.15) is 5.75 Å². The molecule has 0 bridgehead atoms. The van der Waals surface area contributed by atoms with Crippen LogP contribution in [-0.2, 0) is 7.05 Å². The van der Waals surface area contributed by atoms with Crippen molar-refractivity contribution in [1.29, 1.82) is 0 Å². The van der Waals surface area contributed by atoms with Crippen LogP contribution in [0.2, 0.25) is 0 Å². The smallest absolute Gasteiger partial charge is 0.254 e.